The van der Waals surface area contributed by atoms with Crippen molar-refractivity contribution in [3.05, 3.63) is 45.0 Å². The fourth-order valence-electron chi connectivity index (χ4n) is 3.36. The Bertz CT molecular complexity index is 1170. The quantitative estimate of drug-likeness (QED) is 0.406. The van der Waals surface area contributed by atoms with Gasteiger partial charge in [0.05, 0.1) is 22.2 Å². The summed E-state index contributed by atoms with van der Waals surface area (Å²) in [6, 6.07) is 5.29. The lowest BCUT2D eigenvalue weighted by Crippen LogP contribution is -2.07. The van der Waals surface area contributed by atoms with Crippen LogP contribution in [0, 0.1) is 6.92 Å². The highest BCUT2D eigenvalue weighted by atomic mass is 35.5. The number of aromatic nitrogens is 3. The van der Waals surface area contributed by atoms with Gasteiger partial charge in [0.15, 0.2) is 5.65 Å². The van der Waals surface area contributed by atoms with Crippen LogP contribution in [-0.2, 0) is 13.5 Å². The average Bonchev–Trinajstić information content (AvgIpc) is 2.82. The Morgan fingerprint density at radius 1 is 1.25 bits per heavy atom. The number of hydrogen-bond acceptors (Lipinski definition) is 4. The molecule has 0 bridgehead atoms. The molecule has 0 unspecified atom stereocenters. The van der Waals surface area contributed by atoms with Gasteiger partial charge in [-0.15, -0.1) is 0 Å². The van der Waals surface area contributed by atoms with Crippen LogP contribution in [0.3, 0.4) is 0 Å². The molecule has 0 N–H and O–H groups in total. The van der Waals surface area contributed by atoms with Gasteiger partial charge in [0, 0.05) is 22.8 Å². The molecule has 4 aromatic rings. The fourth-order valence-corrected chi connectivity index (χ4v) is 3.54. The van der Waals surface area contributed by atoms with Gasteiger partial charge in [0.25, 0.3) is 0 Å². The van der Waals surface area contributed by atoms with Gasteiger partial charge in [-0.2, -0.15) is 5.10 Å². The lowest BCUT2D eigenvalue weighted by molar-refractivity contribution is 0.568. The van der Waals surface area contributed by atoms with Crippen molar-refractivity contribution in [1.29, 1.82) is 0 Å². The molecule has 0 saturated carbocycles. The lowest BCUT2D eigenvalue weighted by Gasteiger charge is -2.09. The maximum Gasteiger partial charge on any atom is 0.346 e. The summed E-state index contributed by atoms with van der Waals surface area (Å²) < 4.78 is 7.29. The minimum atomic E-state index is -0.360. The van der Waals surface area contributed by atoms with E-state index in [1.54, 1.807) is 16.8 Å². The molecule has 4 rings (SSSR count). The summed E-state index contributed by atoms with van der Waals surface area (Å²) in [5, 5.41) is 8.16. The normalized spacial score (nSPS) is 11.8. The molecule has 0 radical (unpaired) electrons. The number of aryl methyl sites for hydroxylation is 3. The van der Waals surface area contributed by atoms with Crippen LogP contribution in [0.2, 0.25) is 5.02 Å². The molecule has 0 fully saturated rings. The van der Waals surface area contributed by atoms with Crippen molar-refractivity contribution in [3.63, 3.8) is 0 Å². The molecular weight excluding hydrogens is 326 g/mol. The van der Waals surface area contributed by atoms with Crippen molar-refractivity contribution in [1.82, 2.24) is 14.8 Å². The van der Waals surface area contributed by atoms with E-state index in [0.717, 1.165) is 39.6 Å². The van der Waals surface area contributed by atoms with E-state index in [4.69, 9.17) is 21.0 Å². The van der Waals surface area contributed by atoms with Gasteiger partial charge in [-0.25, -0.2) is 9.78 Å². The summed E-state index contributed by atoms with van der Waals surface area (Å²) in [6.07, 6.45) is 1.59. The van der Waals surface area contributed by atoms with Gasteiger partial charge in [-0.3, -0.25) is 4.68 Å². The van der Waals surface area contributed by atoms with Crippen LogP contribution in [0.15, 0.2) is 27.4 Å². The summed E-state index contributed by atoms with van der Waals surface area (Å²) >= 11 is 6.20. The van der Waals surface area contributed by atoms with Gasteiger partial charge < -0.3 is 4.42 Å². The van der Waals surface area contributed by atoms with Crippen LogP contribution in [0.5, 0.6) is 0 Å². The molecule has 0 spiro atoms. The zero-order valence-electron chi connectivity index (χ0n) is 13.7. The number of fused-ring (bicyclic) bond motifs is 5. The first kappa shape index (κ1) is 15.1. The molecule has 0 aliphatic rings. The van der Waals surface area contributed by atoms with E-state index in [-0.39, 0.29) is 5.63 Å². The van der Waals surface area contributed by atoms with E-state index in [1.165, 1.54) is 0 Å². The van der Waals surface area contributed by atoms with E-state index >= 15 is 0 Å². The lowest BCUT2D eigenvalue weighted by atomic mass is 10.0. The van der Waals surface area contributed by atoms with Gasteiger partial charge in [-0.1, -0.05) is 24.9 Å². The van der Waals surface area contributed by atoms with Crippen molar-refractivity contribution < 1.29 is 4.42 Å². The Labute approximate surface area is 142 Å². The predicted molar refractivity (Wildman–Crippen MR) is 95.8 cm³/mol. The predicted octanol–water partition coefficient (Wildman–Crippen LogP) is 4.14. The van der Waals surface area contributed by atoms with Crippen molar-refractivity contribution in [2.45, 2.75) is 26.7 Å². The Morgan fingerprint density at radius 2 is 2.04 bits per heavy atom. The maximum atomic E-state index is 12.7. The second-order valence-corrected chi connectivity index (χ2v) is 6.43. The minimum absolute atomic E-state index is 0.360. The Morgan fingerprint density at radius 3 is 2.79 bits per heavy atom. The van der Waals surface area contributed by atoms with Crippen molar-refractivity contribution >= 4 is 44.4 Å². The van der Waals surface area contributed by atoms with Crippen LogP contribution >= 0.6 is 11.6 Å². The molecule has 6 heteroatoms. The van der Waals surface area contributed by atoms with Crippen LogP contribution in [-0.4, -0.2) is 14.8 Å². The summed E-state index contributed by atoms with van der Waals surface area (Å²) in [5.74, 6) is 0. The summed E-state index contributed by atoms with van der Waals surface area (Å²) in [7, 11) is 1.87. The molecule has 0 amide bonds. The van der Waals surface area contributed by atoms with Gasteiger partial charge >= 0.3 is 5.63 Å². The molecule has 0 saturated heterocycles. The average molecular weight is 342 g/mol. The zero-order valence-corrected chi connectivity index (χ0v) is 14.4. The van der Waals surface area contributed by atoms with E-state index in [1.807, 2.05) is 20.0 Å². The first-order valence-corrected chi connectivity index (χ1v) is 8.27. The molecule has 122 valence electrons. The number of halogens is 1. The number of rotatable bonds is 2. The van der Waals surface area contributed by atoms with E-state index in [9.17, 15) is 4.79 Å². The molecule has 24 heavy (non-hydrogen) atoms. The molecule has 0 atom stereocenters. The van der Waals surface area contributed by atoms with Crippen molar-refractivity contribution in [2.24, 2.45) is 7.05 Å². The van der Waals surface area contributed by atoms with E-state index < -0.39 is 0 Å². The highest BCUT2D eigenvalue weighted by Crippen LogP contribution is 2.34. The minimum Gasteiger partial charge on any atom is -0.422 e. The summed E-state index contributed by atoms with van der Waals surface area (Å²) in [4.78, 5) is 17.4. The zero-order chi connectivity index (χ0) is 17.0. The Kier molecular flexibility index (Phi) is 3.35. The third kappa shape index (κ3) is 2.04. The van der Waals surface area contributed by atoms with E-state index in [0.29, 0.717) is 22.4 Å². The summed E-state index contributed by atoms with van der Waals surface area (Å²) in [6.45, 7) is 3.99. The molecule has 3 heterocycles. The molecule has 3 aromatic heterocycles. The van der Waals surface area contributed by atoms with Crippen LogP contribution in [0.4, 0.5) is 0 Å². The number of pyridine rings is 1. The Hall–Kier alpha value is -2.40. The largest absolute Gasteiger partial charge is 0.422 e. The molecule has 0 aliphatic heterocycles. The van der Waals surface area contributed by atoms with Gasteiger partial charge in [0.2, 0.25) is 0 Å². The third-order valence-electron chi connectivity index (χ3n) is 4.33. The third-order valence-corrected chi connectivity index (χ3v) is 4.56. The number of nitrogens with zero attached hydrogens (tertiary/aromatic N) is 3. The fraction of sp³-hybridized carbons (Fsp3) is 0.278. The number of benzene rings is 1. The first-order chi connectivity index (χ1) is 11.5. The highest BCUT2D eigenvalue weighted by molar-refractivity contribution is 6.32. The Balaban J connectivity index is 2.39. The smallest absolute Gasteiger partial charge is 0.346 e. The molecule has 0 aliphatic carbocycles. The van der Waals surface area contributed by atoms with E-state index in [2.05, 4.69) is 12.0 Å². The highest BCUT2D eigenvalue weighted by Gasteiger charge is 2.20. The second-order valence-electron chi connectivity index (χ2n) is 6.00. The van der Waals surface area contributed by atoms with Crippen LogP contribution in [0.25, 0.3) is 32.8 Å². The molecular formula is C18H16ClN3O2. The van der Waals surface area contributed by atoms with Crippen LogP contribution < -0.4 is 5.63 Å². The first-order valence-electron chi connectivity index (χ1n) is 7.89. The second kappa shape index (κ2) is 5.31. The van der Waals surface area contributed by atoms with Gasteiger partial charge in [-0.05, 0) is 31.5 Å². The maximum absolute atomic E-state index is 12.7. The van der Waals surface area contributed by atoms with Crippen LogP contribution in [0.1, 0.15) is 24.7 Å². The SMILES string of the molecule is CCCc1nc2c(c(C)nn2C)c2c1c(=O)oc1ccc(Cl)cc12. The molecule has 5 nitrogen and oxygen atoms in total. The monoisotopic (exact) mass is 341 g/mol. The topological polar surface area (TPSA) is 60.9 Å². The summed E-state index contributed by atoms with van der Waals surface area (Å²) in [5.41, 5.74) is 2.52. The molecule has 1 aromatic carbocycles. The van der Waals surface area contributed by atoms with Gasteiger partial charge in [0.1, 0.15) is 5.58 Å². The number of hydrogen-bond donors (Lipinski definition) is 0. The van der Waals surface area contributed by atoms with Crippen molar-refractivity contribution in [2.75, 3.05) is 0 Å². The standard InChI is InChI=1S/C18H16ClN3O2/c1-4-5-12-16-15(14-9(2)21-22(3)17(14)20-12)11-8-10(19)6-7-13(11)24-18(16)23/h6-8H,4-5H2,1-3H3. The van der Waals surface area contributed by atoms with Crippen molar-refractivity contribution in [3.8, 4) is 0 Å².